The second-order valence-corrected chi connectivity index (χ2v) is 5.35. The van der Waals surface area contributed by atoms with E-state index >= 15 is 0 Å². The Bertz CT molecular complexity index is 725. The normalized spacial score (nSPS) is 10.9. The van der Waals surface area contributed by atoms with Crippen molar-refractivity contribution in [3.63, 3.8) is 0 Å². The molecule has 102 valence electrons. The van der Waals surface area contributed by atoms with Gasteiger partial charge in [-0.1, -0.05) is 35.9 Å². The summed E-state index contributed by atoms with van der Waals surface area (Å²) in [6, 6.07) is 15.0. The predicted molar refractivity (Wildman–Crippen MR) is 86.4 cm³/mol. The number of anilines is 1. The lowest BCUT2D eigenvalue weighted by Crippen LogP contribution is -2.05. The van der Waals surface area contributed by atoms with Crippen LogP contribution in [0.15, 0.2) is 48.7 Å². The molecule has 1 aromatic heterocycles. The van der Waals surface area contributed by atoms with Gasteiger partial charge in [0.2, 0.25) is 0 Å². The van der Waals surface area contributed by atoms with Crippen molar-refractivity contribution in [1.29, 1.82) is 0 Å². The molecule has 0 aliphatic heterocycles. The van der Waals surface area contributed by atoms with E-state index in [0.29, 0.717) is 0 Å². The molecule has 0 spiro atoms. The molecule has 1 heterocycles. The lowest BCUT2D eigenvalue weighted by Gasteiger charge is -2.10. The summed E-state index contributed by atoms with van der Waals surface area (Å²) >= 11 is 0. The minimum absolute atomic E-state index is 0.950. The fraction of sp³-hybridized carbons (Fsp3) is 0.222. The van der Waals surface area contributed by atoms with Gasteiger partial charge in [0.05, 0.1) is 0 Å². The number of aromatic amines is 1. The Hall–Kier alpha value is -2.22. The fourth-order valence-corrected chi connectivity index (χ4v) is 2.68. The largest absolute Gasteiger partial charge is 0.384 e. The van der Waals surface area contributed by atoms with E-state index in [4.69, 9.17) is 0 Å². The highest BCUT2D eigenvalue weighted by atomic mass is 14.9. The van der Waals surface area contributed by atoms with E-state index in [1.807, 2.05) is 0 Å². The van der Waals surface area contributed by atoms with Crippen LogP contribution in [0.2, 0.25) is 0 Å². The lowest BCUT2D eigenvalue weighted by atomic mass is 10.1. The minimum Gasteiger partial charge on any atom is -0.384 e. The molecule has 0 atom stereocenters. The van der Waals surface area contributed by atoms with Gasteiger partial charge in [-0.05, 0) is 43.5 Å². The minimum atomic E-state index is 0.950. The van der Waals surface area contributed by atoms with Crippen LogP contribution in [0.4, 0.5) is 5.69 Å². The van der Waals surface area contributed by atoms with E-state index in [1.165, 1.54) is 33.3 Å². The molecule has 20 heavy (non-hydrogen) atoms. The van der Waals surface area contributed by atoms with Crippen LogP contribution >= 0.6 is 0 Å². The number of H-pyrrole nitrogens is 1. The molecule has 0 fully saturated rings. The summed E-state index contributed by atoms with van der Waals surface area (Å²) in [6.45, 7) is 5.23. The first-order valence-electron chi connectivity index (χ1n) is 7.10. The van der Waals surface area contributed by atoms with Crippen LogP contribution in [0.3, 0.4) is 0 Å². The highest BCUT2D eigenvalue weighted by molar-refractivity contribution is 5.83. The Labute approximate surface area is 119 Å². The molecule has 2 heteroatoms. The Morgan fingerprint density at radius 3 is 2.75 bits per heavy atom. The zero-order valence-electron chi connectivity index (χ0n) is 12.0. The highest BCUT2D eigenvalue weighted by Gasteiger charge is 2.03. The smallest absolute Gasteiger partial charge is 0.0456 e. The van der Waals surface area contributed by atoms with Crippen molar-refractivity contribution in [2.45, 2.75) is 20.3 Å². The average Bonchev–Trinajstić information content (AvgIpc) is 2.85. The van der Waals surface area contributed by atoms with Gasteiger partial charge in [0.25, 0.3) is 0 Å². The molecule has 0 radical (unpaired) electrons. The van der Waals surface area contributed by atoms with Gasteiger partial charge in [-0.15, -0.1) is 0 Å². The number of nitrogens with one attached hydrogen (secondary N) is 2. The molecule has 0 amide bonds. The maximum absolute atomic E-state index is 3.53. The molecule has 2 N–H and O–H groups in total. The molecule has 0 aliphatic carbocycles. The number of fused-ring (bicyclic) bond motifs is 1. The van der Waals surface area contributed by atoms with Gasteiger partial charge >= 0.3 is 0 Å². The van der Waals surface area contributed by atoms with Gasteiger partial charge in [0, 0.05) is 29.3 Å². The summed E-state index contributed by atoms with van der Waals surface area (Å²) in [7, 11) is 0. The third kappa shape index (κ3) is 2.55. The van der Waals surface area contributed by atoms with Gasteiger partial charge in [-0.25, -0.2) is 0 Å². The van der Waals surface area contributed by atoms with Crippen LogP contribution in [0, 0.1) is 13.8 Å². The Balaban J connectivity index is 1.68. The number of aryl methyl sites for hydroxylation is 2. The predicted octanol–water partition coefficient (Wildman–Crippen LogP) is 4.44. The van der Waals surface area contributed by atoms with Gasteiger partial charge < -0.3 is 10.3 Å². The monoisotopic (exact) mass is 264 g/mol. The van der Waals surface area contributed by atoms with Crippen molar-refractivity contribution >= 4 is 16.6 Å². The first-order chi connectivity index (χ1) is 9.74. The molecule has 0 saturated heterocycles. The summed E-state index contributed by atoms with van der Waals surface area (Å²) in [5, 5.41) is 4.86. The number of hydrogen-bond donors (Lipinski definition) is 2. The van der Waals surface area contributed by atoms with Crippen molar-refractivity contribution in [3.8, 4) is 0 Å². The molecule has 0 aliphatic rings. The van der Waals surface area contributed by atoms with Crippen LogP contribution in [0.25, 0.3) is 10.9 Å². The molecule has 2 aromatic carbocycles. The van der Waals surface area contributed by atoms with E-state index in [9.17, 15) is 0 Å². The second-order valence-electron chi connectivity index (χ2n) is 5.35. The highest BCUT2D eigenvalue weighted by Crippen LogP contribution is 2.19. The van der Waals surface area contributed by atoms with Gasteiger partial charge in [0.1, 0.15) is 0 Å². The van der Waals surface area contributed by atoms with E-state index < -0.39 is 0 Å². The Morgan fingerprint density at radius 2 is 1.90 bits per heavy atom. The van der Waals surface area contributed by atoms with Crippen molar-refractivity contribution < 1.29 is 0 Å². The summed E-state index contributed by atoms with van der Waals surface area (Å²) in [6.07, 6.45) is 3.14. The van der Waals surface area contributed by atoms with E-state index in [2.05, 4.69) is 72.8 Å². The fourth-order valence-electron chi connectivity index (χ4n) is 2.68. The molecule has 0 bridgehead atoms. The Kier molecular flexibility index (Phi) is 3.46. The SMILES string of the molecule is Cc1ccc(NCCc2c[nH]c3ccccc23)c(C)c1. The van der Waals surface area contributed by atoms with Crippen LogP contribution in [0.1, 0.15) is 16.7 Å². The van der Waals surface area contributed by atoms with Crippen LogP contribution < -0.4 is 5.32 Å². The molecule has 3 rings (SSSR count). The maximum Gasteiger partial charge on any atom is 0.0456 e. The first-order valence-corrected chi connectivity index (χ1v) is 7.10. The van der Waals surface area contributed by atoms with Crippen LogP contribution in [-0.2, 0) is 6.42 Å². The number of hydrogen-bond acceptors (Lipinski definition) is 1. The standard InChI is InChI=1S/C18H20N2/c1-13-7-8-17(14(2)11-13)19-10-9-15-12-20-18-6-4-3-5-16(15)18/h3-8,11-12,19-20H,9-10H2,1-2H3. The van der Waals surface area contributed by atoms with Gasteiger partial charge in [-0.2, -0.15) is 0 Å². The average molecular weight is 264 g/mol. The molecule has 0 saturated carbocycles. The summed E-state index contributed by atoms with van der Waals surface area (Å²) in [5.41, 5.74) is 6.44. The summed E-state index contributed by atoms with van der Waals surface area (Å²) in [4.78, 5) is 3.33. The summed E-state index contributed by atoms with van der Waals surface area (Å²) < 4.78 is 0. The third-order valence-corrected chi connectivity index (χ3v) is 3.77. The zero-order chi connectivity index (χ0) is 13.9. The van der Waals surface area contributed by atoms with Gasteiger partial charge in [0.15, 0.2) is 0 Å². The lowest BCUT2D eigenvalue weighted by molar-refractivity contribution is 1.02. The third-order valence-electron chi connectivity index (χ3n) is 3.77. The molecular formula is C18H20N2. The molecular weight excluding hydrogens is 244 g/mol. The molecule has 2 nitrogen and oxygen atoms in total. The zero-order valence-corrected chi connectivity index (χ0v) is 12.0. The van der Waals surface area contributed by atoms with E-state index in [0.717, 1.165) is 13.0 Å². The van der Waals surface area contributed by atoms with Crippen LogP contribution in [0.5, 0.6) is 0 Å². The number of para-hydroxylation sites is 1. The van der Waals surface area contributed by atoms with E-state index in [1.54, 1.807) is 0 Å². The second kappa shape index (κ2) is 5.41. The van der Waals surface area contributed by atoms with Gasteiger partial charge in [-0.3, -0.25) is 0 Å². The molecule has 3 aromatic rings. The quantitative estimate of drug-likeness (QED) is 0.716. The first kappa shape index (κ1) is 12.8. The number of rotatable bonds is 4. The number of aromatic nitrogens is 1. The summed E-state index contributed by atoms with van der Waals surface area (Å²) in [5.74, 6) is 0. The van der Waals surface area contributed by atoms with Crippen molar-refractivity contribution in [2.75, 3.05) is 11.9 Å². The van der Waals surface area contributed by atoms with E-state index in [-0.39, 0.29) is 0 Å². The topological polar surface area (TPSA) is 27.8 Å². The molecule has 0 unspecified atom stereocenters. The Morgan fingerprint density at radius 1 is 1.05 bits per heavy atom. The van der Waals surface area contributed by atoms with Crippen molar-refractivity contribution in [3.05, 3.63) is 65.4 Å². The van der Waals surface area contributed by atoms with Crippen molar-refractivity contribution in [2.24, 2.45) is 0 Å². The maximum atomic E-state index is 3.53. The van der Waals surface area contributed by atoms with Crippen LogP contribution in [-0.4, -0.2) is 11.5 Å². The number of benzene rings is 2. The van der Waals surface area contributed by atoms with Crippen molar-refractivity contribution in [1.82, 2.24) is 4.98 Å².